The molecule has 3 heterocycles. The van der Waals surface area contributed by atoms with Crippen molar-refractivity contribution in [3.05, 3.63) is 41.2 Å². The van der Waals surface area contributed by atoms with Crippen molar-refractivity contribution in [1.82, 2.24) is 15.0 Å². The molecular weight excluding hydrogens is 288 g/mol. The molecule has 4 rings (SSSR count). The van der Waals surface area contributed by atoms with Crippen molar-refractivity contribution < 1.29 is 4.79 Å². The molecule has 2 aromatic rings. The molecule has 0 saturated carbocycles. The number of pyridine rings is 1. The number of nitrogens with zero attached hydrogens (tertiary/aromatic N) is 3. The smallest absolute Gasteiger partial charge is 0.230 e. The van der Waals surface area contributed by atoms with Gasteiger partial charge in [-0.3, -0.25) is 9.78 Å². The van der Waals surface area contributed by atoms with Crippen LogP contribution in [0.25, 0.3) is 0 Å². The fraction of sp³-hybridized carbons (Fsp3) is 0.500. The maximum absolute atomic E-state index is 13.0. The number of H-pyrrole nitrogens is 1. The first-order valence-electron chi connectivity index (χ1n) is 8.45. The number of fused-ring (bicyclic) bond motifs is 2. The Morgan fingerprint density at radius 2 is 2.26 bits per heavy atom. The molecule has 1 aliphatic carbocycles. The Hall–Kier alpha value is -2.17. The molecule has 0 spiro atoms. The highest BCUT2D eigenvalue weighted by atomic mass is 16.2. The largest absolute Gasteiger partial charge is 0.345 e. The van der Waals surface area contributed by atoms with Crippen LogP contribution in [0.3, 0.4) is 0 Å². The van der Waals surface area contributed by atoms with Crippen molar-refractivity contribution in [3.63, 3.8) is 0 Å². The summed E-state index contributed by atoms with van der Waals surface area (Å²) < 4.78 is 0. The second kappa shape index (κ2) is 5.48. The van der Waals surface area contributed by atoms with Crippen LogP contribution in [0.4, 0.5) is 5.69 Å². The Kier molecular flexibility index (Phi) is 3.43. The molecule has 1 amide bonds. The molecular formula is C18H22N4O. The van der Waals surface area contributed by atoms with Crippen molar-refractivity contribution in [2.75, 3.05) is 11.4 Å². The molecule has 0 bridgehead atoms. The first-order chi connectivity index (χ1) is 11.1. The summed E-state index contributed by atoms with van der Waals surface area (Å²) >= 11 is 0. The quantitative estimate of drug-likeness (QED) is 0.927. The zero-order valence-electron chi connectivity index (χ0n) is 13.7. The summed E-state index contributed by atoms with van der Waals surface area (Å²) in [5, 5.41) is 0. The predicted molar refractivity (Wildman–Crippen MR) is 88.5 cm³/mol. The van der Waals surface area contributed by atoms with Gasteiger partial charge in [-0.1, -0.05) is 13.8 Å². The number of aryl methyl sites for hydroxylation is 1. The Balaban J connectivity index is 1.54. The third-order valence-corrected chi connectivity index (χ3v) is 5.00. The number of imidazole rings is 1. The van der Waals surface area contributed by atoms with E-state index in [0.717, 1.165) is 55.1 Å². The summed E-state index contributed by atoms with van der Waals surface area (Å²) in [7, 11) is 0. The lowest BCUT2D eigenvalue weighted by Gasteiger charge is -2.26. The van der Waals surface area contributed by atoms with Gasteiger partial charge in [0.25, 0.3) is 0 Å². The van der Waals surface area contributed by atoms with E-state index in [0.29, 0.717) is 5.92 Å². The van der Waals surface area contributed by atoms with Crippen LogP contribution in [0, 0.1) is 5.92 Å². The molecule has 0 saturated heterocycles. The van der Waals surface area contributed by atoms with Crippen LogP contribution >= 0.6 is 0 Å². The monoisotopic (exact) mass is 310 g/mol. The van der Waals surface area contributed by atoms with Crippen LogP contribution in [-0.4, -0.2) is 27.4 Å². The first kappa shape index (κ1) is 14.4. The number of aromatic nitrogens is 3. The lowest BCUT2D eigenvalue weighted by molar-refractivity contribution is -0.122. The van der Waals surface area contributed by atoms with Crippen molar-refractivity contribution >= 4 is 11.6 Å². The highest BCUT2D eigenvalue weighted by Gasteiger charge is 2.33. The highest BCUT2D eigenvalue weighted by molar-refractivity contribution is 5.97. The minimum absolute atomic E-state index is 0.0575. The van der Waals surface area contributed by atoms with Crippen LogP contribution in [0.2, 0.25) is 0 Å². The molecule has 0 radical (unpaired) electrons. The number of aromatic amines is 1. The molecule has 5 heteroatoms. The minimum atomic E-state index is 0.0575. The van der Waals surface area contributed by atoms with Crippen LogP contribution < -0.4 is 4.90 Å². The average Bonchev–Trinajstić information content (AvgIpc) is 3.17. The van der Waals surface area contributed by atoms with Gasteiger partial charge in [-0.2, -0.15) is 0 Å². The molecule has 2 aliphatic rings. The SMILES string of the molecule is CC(C)c1nc2c([nH]1)CC(C(=O)N1CCc3cnccc31)CC2. The predicted octanol–water partition coefficient (Wildman–Crippen LogP) is 2.62. The number of rotatable bonds is 2. The fourth-order valence-electron chi connectivity index (χ4n) is 3.66. The maximum atomic E-state index is 13.0. The molecule has 2 aromatic heterocycles. The fourth-order valence-corrected chi connectivity index (χ4v) is 3.66. The Morgan fingerprint density at radius 1 is 1.39 bits per heavy atom. The Labute approximate surface area is 136 Å². The first-order valence-corrected chi connectivity index (χ1v) is 8.45. The van der Waals surface area contributed by atoms with E-state index in [9.17, 15) is 4.79 Å². The summed E-state index contributed by atoms with van der Waals surface area (Å²) in [6.45, 7) is 5.06. The van der Waals surface area contributed by atoms with E-state index in [-0.39, 0.29) is 11.8 Å². The zero-order chi connectivity index (χ0) is 16.0. The summed E-state index contributed by atoms with van der Waals surface area (Å²) in [6, 6.07) is 1.96. The van der Waals surface area contributed by atoms with Crippen molar-refractivity contribution in [2.24, 2.45) is 5.92 Å². The summed E-state index contributed by atoms with van der Waals surface area (Å²) in [6.07, 6.45) is 7.13. The number of carbonyl (C=O) groups is 1. The Bertz CT molecular complexity index is 749. The molecule has 1 unspecified atom stereocenters. The van der Waals surface area contributed by atoms with Crippen molar-refractivity contribution in [2.45, 2.75) is 45.4 Å². The van der Waals surface area contributed by atoms with Crippen LogP contribution in [-0.2, 0) is 24.1 Å². The van der Waals surface area contributed by atoms with E-state index in [1.807, 2.05) is 17.2 Å². The van der Waals surface area contributed by atoms with E-state index in [1.165, 1.54) is 5.56 Å². The van der Waals surface area contributed by atoms with Gasteiger partial charge in [-0.25, -0.2) is 4.98 Å². The molecule has 5 nitrogen and oxygen atoms in total. The van der Waals surface area contributed by atoms with Crippen molar-refractivity contribution in [1.29, 1.82) is 0 Å². The standard InChI is InChI=1S/C18H22N4O/c1-11(2)17-20-14-4-3-12(9-15(14)21-17)18(23)22-8-6-13-10-19-7-5-16(13)22/h5,7,10-12H,3-4,6,8-9H2,1-2H3,(H,20,21). The third-order valence-electron chi connectivity index (χ3n) is 5.00. The number of anilines is 1. The lowest BCUT2D eigenvalue weighted by atomic mass is 9.88. The van der Waals surface area contributed by atoms with Gasteiger partial charge in [0.2, 0.25) is 5.91 Å². The average molecular weight is 310 g/mol. The van der Waals surface area contributed by atoms with Gasteiger partial charge in [-0.05, 0) is 30.9 Å². The van der Waals surface area contributed by atoms with Gasteiger partial charge in [0.15, 0.2) is 0 Å². The molecule has 1 aliphatic heterocycles. The number of amides is 1. The molecule has 1 N–H and O–H groups in total. The highest BCUT2D eigenvalue weighted by Crippen LogP contribution is 2.32. The lowest BCUT2D eigenvalue weighted by Crippen LogP contribution is -2.37. The van der Waals surface area contributed by atoms with E-state index in [4.69, 9.17) is 0 Å². The molecule has 1 atom stereocenters. The molecule has 120 valence electrons. The van der Waals surface area contributed by atoms with Gasteiger partial charge in [0, 0.05) is 48.6 Å². The molecule has 0 aromatic carbocycles. The number of nitrogens with one attached hydrogen (secondary N) is 1. The van der Waals surface area contributed by atoms with Gasteiger partial charge in [0.1, 0.15) is 5.82 Å². The topological polar surface area (TPSA) is 61.9 Å². The van der Waals surface area contributed by atoms with E-state index < -0.39 is 0 Å². The van der Waals surface area contributed by atoms with E-state index >= 15 is 0 Å². The normalized spacial score (nSPS) is 19.8. The van der Waals surface area contributed by atoms with Gasteiger partial charge >= 0.3 is 0 Å². The zero-order valence-corrected chi connectivity index (χ0v) is 13.7. The van der Waals surface area contributed by atoms with Gasteiger partial charge in [0.05, 0.1) is 5.69 Å². The van der Waals surface area contributed by atoms with E-state index in [1.54, 1.807) is 6.20 Å². The molecule has 0 fully saturated rings. The van der Waals surface area contributed by atoms with E-state index in [2.05, 4.69) is 28.8 Å². The Morgan fingerprint density at radius 3 is 3.09 bits per heavy atom. The number of hydrogen-bond acceptors (Lipinski definition) is 3. The maximum Gasteiger partial charge on any atom is 0.230 e. The van der Waals surface area contributed by atoms with Crippen molar-refractivity contribution in [3.8, 4) is 0 Å². The van der Waals surface area contributed by atoms with Crippen LogP contribution in [0.15, 0.2) is 18.5 Å². The number of hydrogen-bond donors (Lipinski definition) is 1. The van der Waals surface area contributed by atoms with Gasteiger partial charge < -0.3 is 9.88 Å². The number of carbonyl (C=O) groups excluding carboxylic acids is 1. The van der Waals surface area contributed by atoms with Crippen LogP contribution in [0.1, 0.15) is 49.0 Å². The minimum Gasteiger partial charge on any atom is -0.345 e. The third kappa shape index (κ3) is 2.44. The summed E-state index contributed by atoms with van der Waals surface area (Å²) in [4.78, 5) is 27.2. The summed E-state index contributed by atoms with van der Waals surface area (Å²) in [5.41, 5.74) is 4.54. The second-order valence-corrected chi connectivity index (χ2v) is 6.89. The van der Waals surface area contributed by atoms with Crippen LogP contribution in [0.5, 0.6) is 0 Å². The second-order valence-electron chi connectivity index (χ2n) is 6.89. The van der Waals surface area contributed by atoms with Gasteiger partial charge in [-0.15, -0.1) is 0 Å². The molecule has 23 heavy (non-hydrogen) atoms. The summed E-state index contributed by atoms with van der Waals surface area (Å²) in [5.74, 6) is 1.75.